The molecule has 94 valence electrons. The van der Waals surface area contributed by atoms with Gasteiger partial charge in [0.25, 0.3) is 0 Å². The molecule has 0 amide bonds. The third kappa shape index (κ3) is 2.19. The van der Waals surface area contributed by atoms with E-state index < -0.39 is 0 Å². The minimum Gasteiger partial charge on any atom is -0.490 e. The molecule has 0 radical (unpaired) electrons. The average molecular weight is 233 g/mol. The van der Waals surface area contributed by atoms with Crippen LogP contribution in [0.1, 0.15) is 32.3 Å². The largest absolute Gasteiger partial charge is 0.490 e. The number of rotatable bonds is 4. The first-order valence-corrected chi connectivity index (χ1v) is 6.50. The molecule has 17 heavy (non-hydrogen) atoms. The van der Waals surface area contributed by atoms with Crippen LogP contribution >= 0.6 is 0 Å². The standard InChI is InChI=1S/C15H23NO/c1-5-15(3)13(16-4)10-14(15)17-12-8-6-11(2)7-9-12/h6-9,13-14,16H,5,10H2,1-4H3. The quantitative estimate of drug-likeness (QED) is 0.862. The van der Waals surface area contributed by atoms with Crippen molar-refractivity contribution in [2.24, 2.45) is 5.41 Å². The van der Waals surface area contributed by atoms with E-state index in [9.17, 15) is 0 Å². The Morgan fingerprint density at radius 2 is 2.00 bits per heavy atom. The summed E-state index contributed by atoms with van der Waals surface area (Å²) in [6.45, 7) is 6.66. The number of hydrogen-bond donors (Lipinski definition) is 1. The predicted molar refractivity (Wildman–Crippen MR) is 71.5 cm³/mol. The second kappa shape index (κ2) is 4.69. The van der Waals surface area contributed by atoms with Gasteiger partial charge < -0.3 is 10.1 Å². The van der Waals surface area contributed by atoms with E-state index in [1.165, 1.54) is 5.56 Å². The van der Waals surface area contributed by atoms with E-state index >= 15 is 0 Å². The first-order chi connectivity index (χ1) is 8.10. The van der Waals surface area contributed by atoms with Crippen LogP contribution < -0.4 is 10.1 Å². The summed E-state index contributed by atoms with van der Waals surface area (Å²) >= 11 is 0. The predicted octanol–water partition coefficient (Wildman–Crippen LogP) is 3.15. The third-order valence-electron chi connectivity index (χ3n) is 4.39. The van der Waals surface area contributed by atoms with Crippen molar-refractivity contribution in [1.29, 1.82) is 0 Å². The smallest absolute Gasteiger partial charge is 0.119 e. The highest BCUT2D eigenvalue weighted by Crippen LogP contribution is 2.45. The molecule has 3 atom stereocenters. The molecule has 2 rings (SSSR count). The van der Waals surface area contributed by atoms with Crippen LogP contribution in [0.5, 0.6) is 5.75 Å². The highest BCUT2D eigenvalue weighted by molar-refractivity contribution is 5.27. The van der Waals surface area contributed by atoms with Crippen LogP contribution in [0.3, 0.4) is 0 Å². The Hall–Kier alpha value is -1.02. The van der Waals surface area contributed by atoms with Gasteiger partial charge in [-0.05, 0) is 32.5 Å². The van der Waals surface area contributed by atoms with Gasteiger partial charge in [-0.25, -0.2) is 0 Å². The van der Waals surface area contributed by atoms with Crippen LogP contribution in [0.4, 0.5) is 0 Å². The van der Waals surface area contributed by atoms with Gasteiger partial charge in [0.05, 0.1) is 0 Å². The number of hydrogen-bond acceptors (Lipinski definition) is 2. The lowest BCUT2D eigenvalue weighted by Crippen LogP contribution is -2.62. The van der Waals surface area contributed by atoms with Crippen molar-refractivity contribution in [2.45, 2.75) is 45.8 Å². The maximum absolute atomic E-state index is 6.10. The molecule has 0 spiro atoms. The van der Waals surface area contributed by atoms with Crippen molar-refractivity contribution >= 4 is 0 Å². The zero-order valence-corrected chi connectivity index (χ0v) is 11.3. The molecule has 2 nitrogen and oxygen atoms in total. The van der Waals surface area contributed by atoms with Gasteiger partial charge in [0.15, 0.2) is 0 Å². The van der Waals surface area contributed by atoms with Crippen LogP contribution in [0.25, 0.3) is 0 Å². The molecule has 1 saturated carbocycles. The number of aryl methyl sites for hydroxylation is 1. The molecule has 0 bridgehead atoms. The van der Waals surface area contributed by atoms with Crippen molar-refractivity contribution in [3.8, 4) is 5.75 Å². The van der Waals surface area contributed by atoms with E-state index in [0.717, 1.165) is 18.6 Å². The van der Waals surface area contributed by atoms with E-state index in [2.05, 4.69) is 50.4 Å². The van der Waals surface area contributed by atoms with Crippen molar-refractivity contribution in [2.75, 3.05) is 7.05 Å². The molecule has 2 heteroatoms. The molecule has 1 N–H and O–H groups in total. The Labute approximate surface area is 104 Å². The Bertz CT molecular complexity index is 373. The maximum Gasteiger partial charge on any atom is 0.119 e. The van der Waals surface area contributed by atoms with E-state index in [0.29, 0.717) is 12.1 Å². The van der Waals surface area contributed by atoms with Crippen LogP contribution in [0, 0.1) is 12.3 Å². The highest BCUT2D eigenvalue weighted by Gasteiger charge is 2.51. The Balaban J connectivity index is 2.03. The third-order valence-corrected chi connectivity index (χ3v) is 4.39. The lowest BCUT2D eigenvalue weighted by molar-refractivity contribution is -0.0677. The van der Waals surface area contributed by atoms with Crippen molar-refractivity contribution < 1.29 is 4.74 Å². The molecule has 0 heterocycles. The molecule has 1 fully saturated rings. The van der Waals surface area contributed by atoms with Gasteiger partial charge in [-0.1, -0.05) is 31.5 Å². The summed E-state index contributed by atoms with van der Waals surface area (Å²) in [4.78, 5) is 0. The summed E-state index contributed by atoms with van der Waals surface area (Å²) in [5.41, 5.74) is 1.54. The number of nitrogens with one attached hydrogen (secondary N) is 1. The minimum absolute atomic E-state index is 0.264. The fraction of sp³-hybridized carbons (Fsp3) is 0.600. The fourth-order valence-corrected chi connectivity index (χ4v) is 2.70. The van der Waals surface area contributed by atoms with Gasteiger partial charge in [0.2, 0.25) is 0 Å². The molecule has 1 aliphatic rings. The molecule has 0 aliphatic heterocycles. The highest BCUT2D eigenvalue weighted by atomic mass is 16.5. The Kier molecular flexibility index (Phi) is 3.43. The average Bonchev–Trinajstić information content (AvgIpc) is 2.35. The molecule has 1 aromatic carbocycles. The van der Waals surface area contributed by atoms with E-state index in [1.807, 2.05) is 7.05 Å². The van der Waals surface area contributed by atoms with Gasteiger partial charge in [-0.2, -0.15) is 0 Å². The van der Waals surface area contributed by atoms with Gasteiger partial charge >= 0.3 is 0 Å². The Morgan fingerprint density at radius 1 is 1.35 bits per heavy atom. The molecule has 3 unspecified atom stereocenters. The monoisotopic (exact) mass is 233 g/mol. The van der Waals surface area contributed by atoms with Gasteiger partial charge in [0, 0.05) is 17.9 Å². The van der Waals surface area contributed by atoms with Crippen molar-refractivity contribution in [3.63, 3.8) is 0 Å². The summed E-state index contributed by atoms with van der Waals surface area (Å²) < 4.78 is 6.10. The van der Waals surface area contributed by atoms with Crippen LogP contribution in [-0.4, -0.2) is 19.2 Å². The molecular weight excluding hydrogens is 210 g/mol. The first-order valence-electron chi connectivity index (χ1n) is 6.50. The van der Waals surface area contributed by atoms with E-state index in [-0.39, 0.29) is 5.41 Å². The summed E-state index contributed by atoms with van der Waals surface area (Å²) in [7, 11) is 2.04. The lowest BCUT2D eigenvalue weighted by atomic mass is 9.61. The van der Waals surface area contributed by atoms with Crippen molar-refractivity contribution in [1.82, 2.24) is 5.32 Å². The fourth-order valence-electron chi connectivity index (χ4n) is 2.70. The van der Waals surface area contributed by atoms with Crippen LogP contribution in [-0.2, 0) is 0 Å². The van der Waals surface area contributed by atoms with Crippen LogP contribution in [0.15, 0.2) is 24.3 Å². The first kappa shape index (κ1) is 12.4. The molecular formula is C15H23NO. The molecule has 0 saturated heterocycles. The summed E-state index contributed by atoms with van der Waals surface area (Å²) in [6, 6.07) is 8.93. The number of benzene rings is 1. The maximum atomic E-state index is 6.10. The second-order valence-electron chi connectivity index (χ2n) is 5.36. The molecule has 1 aliphatic carbocycles. The normalized spacial score (nSPS) is 32.0. The second-order valence-corrected chi connectivity index (χ2v) is 5.36. The van der Waals surface area contributed by atoms with E-state index in [1.54, 1.807) is 0 Å². The minimum atomic E-state index is 0.264. The Morgan fingerprint density at radius 3 is 2.53 bits per heavy atom. The zero-order valence-electron chi connectivity index (χ0n) is 11.3. The van der Waals surface area contributed by atoms with Gasteiger partial charge in [-0.15, -0.1) is 0 Å². The SMILES string of the molecule is CCC1(C)C(NC)CC1Oc1ccc(C)cc1. The van der Waals surface area contributed by atoms with Gasteiger partial charge in [-0.3, -0.25) is 0 Å². The summed E-state index contributed by atoms with van der Waals surface area (Å²) in [5.74, 6) is 0.995. The van der Waals surface area contributed by atoms with E-state index in [4.69, 9.17) is 4.74 Å². The summed E-state index contributed by atoms with van der Waals surface area (Å²) in [6.07, 6.45) is 2.59. The molecule has 1 aromatic rings. The number of ether oxygens (including phenoxy) is 1. The molecule has 0 aromatic heterocycles. The van der Waals surface area contributed by atoms with Crippen molar-refractivity contribution in [3.05, 3.63) is 29.8 Å². The van der Waals surface area contributed by atoms with Gasteiger partial charge in [0.1, 0.15) is 11.9 Å². The summed E-state index contributed by atoms with van der Waals surface area (Å²) in [5, 5.41) is 3.39. The van der Waals surface area contributed by atoms with Crippen LogP contribution in [0.2, 0.25) is 0 Å². The zero-order chi connectivity index (χ0) is 12.5. The topological polar surface area (TPSA) is 21.3 Å². The lowest BCUT2D eigenvalue weighted by Gasteiger charge is -2.53.